The molecule has 0 aliphatic carbocycles. The second-order valence-electron chi connectivity index (χ2n) is 4.72. The van der Waals surface area contributed by atoms with E-state index in [1.54, 1.807) is 19.2 Å². The van der Waals surface area contributed by atoms with Crippen molar-refractivity contribution in [1.82, 2.24) is 14.6 Å². The second kappa shape index (κ2) is 5.63. The maximum atomic E-state index is 8.88. The summed E-state index contributed by atoms with van der Waals surface area (Å²) in [5.41, 5.74) is 2.52. The zero-order valence-electron chi connectivity index (χ0n) is 11.7. The third-order valence-corrected chi connectivity index (χ3v) is 3.41. The highest BCUT2D eigenvalue weighted by molar-refractivity contribution is 5.45. The van der Waals surface area contributed by atoms with E-state index in [2.05, 4.69) is 28.4 Å². The third kappa shape index (κ3) is 2.70. The van der Waals surface area contributed by atoms with Gasteiger partial charge in [-0.3, -0.25) is 4.40 Å². The van der Waals surface area contributed by atoms with Gasteiger partial charge in [-0.2, -0.15) is 5.26 Å². The van der Waals surface area contributed by atoms with Crippen LogP contribution in [-0.2, 0) is 12.8 Å². The number of benzene rings is 1. The maximum Gasteiger partial charge on any atom is 0.162 e. The van der Waals surface area contributed by atoms with Crippen LogP contribution in [0, 0.1) is 11.3 Å². The molecule has 3 rings (SSSR count). The van der Waals surface area contributed by atoms with Crippen molar-refractivity contribution < 1.29 is 4.74 Å². The van der Waals surface area contributed by atoms with E-state index in [1.165, 1.54) is 5.56 Å². The first-order chi connectivity index (χ1) is 10.3. The predicted octanol–water partition coefficient (Wildman–Crippen LogP) is 2.39. The SMILES string of the molecule is COc1ccc(CCc2nnc3cc(C#N)ccn23)cc1. The molecule has 2 aromatic heterocycles. The van der Waals surface area contributed by atoms with Gasteiger partial charge < -0.3 is 4.74 Å². The number of aromatic nitrogens is 3. The topological polar surface area (TPSA) is 63.2 Å². The third-order valence-electron chi connectivity index (χ3n) is 3.41. The molecule has 5 nitrogen and oxygen atoms in total. The second-order valence-corrected chi connectivity index (χ2v) is 4.72. The Hall–Kier alpha value is -2.87. The molecule has 0 saturated heterocycles. The molecular formula is C16H14N4O. The van der Waals surface area contributed by atoms with Gasteiger partial charge in [-0.25, -0.2) is 0 Å². The molecule has 0 aliphatic rings. The summed E-state index contributed by atoms with van der Waals surface area (Å²) in [7, 11) is 1.66. The van der Waals surface area contributed by atoms with Crippen molar-refractivity contribution in [3.8, 4) is 11.8 Å². The number of pyridine rings is 1. The van der Waals surface area contributed by atoms with E-state index in [9.17, 15) is 0 Å². The molecule has 0 saturated carbocycles. The van der Waals surface area contributed by atoms with Gasteiger partial charge in [0.05, 0.1) is 18.7 Å². The molecule has 0 unspecified atom stereocenters. The molecule has 3 aromatic rings. The predicted molar refractivity (Wildman–Crippen MR) is 78.1 cm³/mol. The molecule has 0 aliphatic heterocycles. The van der Waals surface area contributed by atoms with Gasteiger partial charge in [0.25, 0.3) is 0 Å². The minimum absolute atomic E-state index is 0.594. The Morgan fingerprint density at radius 3 is 2.67 bits per heavy atom. The Morgan fingerprint density at radius 1 is 1.14 bits per heavy atom. The van der Waals surface area contributed by atoms with E-state index < -0.39 is 0 Å². The zero-order chi connectivity index (χ0) is 14.7. The van der Waals surface area contributed by atoms with Crippen LogP contribution in [-0.4, -0.2) is 21.7 Å². The van der Waals surface area contributed by atoms with E-state index in [1.807, 2.05) is 22.7 Å². The van der Waals surface area contributed by atoms with Crippen molar-refractivity contribution in [2.24, 2.45) is 0 Å². The quantitative estimate of drug-likeness (QED) is 0.735. The highest BCUT2D eigenvalue weighted by Crippen LogP contribution is 2.14. The monoisotopic (exact) mass is 278 g/mol. The number of methoxy groups -OCH3 is 1. The Morgan fingerprint density at radius 2 is 1.95 bits per heavy atom. The number of fused-ring (bicyclic) bond motifs is 1. The van der Waals surface area contributed by atoms with Gasteiger partial charge >= 0.3 is 0 Å². The van der Waals surface area contributed by atoms with Crippen molar-refractivity contribution >= 4 is 5.65 Å². The number of aryl methyl sites for hydroxylation is 2. The van der Waals surface area contributed by atoms with Crippen LogP contribution in [0.25, 0.3) is 5.65 Å². The fourth-order valence-electron chi connectivity index (χ4n) is 2.23. The summed E-state index contributed by atoms with van der Waals surface area (Å²) in [6.07, 6.45) is 3.52. The van der Waals surface area contributed by atoms with Crippen LogP contribution in [0.4, 0.5) is 0 Å². The van der Waals surface area contributed by atoms with E-state index in [0.717, 1.165) is 24.4 Å². The lowest BCUT2D eigenvalue weighted by atomic mass is 10.1. The molecule has 0 radical (unpaired) electrons. The normalized spacial score (nSPS) is 10.5. The smallest absolute Gasteiger partial charge is 0.162 e. The van der Waals surface area contributed by atoms with Gasteiger partial charge in [0.2, 0.25) is 0 Å². The lowest BCUT2D eigenvalue weighted by molar-refractivity contribution is 0.414. The lowest BCUT2D eigenvalue weighted by Crippen LogP contribution is -1.98. The van der Waals surface area contributed by atoms with Gasteiger partial charge in [-0.1, -0.05) is 12.1 Å². The number of nitrogens with zero attached hydrogens (tertiary/aromatic N) is 4. The van der Waals surface area contributed by atoms with Crippen LogP contribution >= 0.6 is 0 Å². The first-order valence-corrected chi connectivity index (χ1v) is 6.67. The number of rotatable bonds is 4. The van der Waals surface area contributed by atoms with E-state index >= 15 is 0 Å². The minimum Gasteiger partial charge on any atom is -0.497 e. The average Bonchev–Trinajstić information content (AvgIpc) is 2.95. The largest absolute Gasteiger partial charge is 0.497 e. The fourth-order valence-corrected chi connectivity index (χ4v) is 2.23. The number of ether oxygens (including phenoxy) is 1. The molecule has 2 heterocycles. The van der Waals surface area contributed by atoms with Crippen molar-refractivity contribution in [2.45, 2.75) is 12.8 Å². The summed E-state index contributed by atoms with van der Waals surface area (Å²) in [5, 5.41) is 17.2. The highest BCUT2D eigenvalue weighted by atomic mass is 16.5. The molecule has 0 amide bonds. The van der Waals surface area contributed by atoms with Gasteiger partial charge in [0, 0.05) is 18.7 Å². The first kappa shape index (κ1) is 13.1. The van der Waals surface area contributed by atoms with Gasteiger partial charge in [0.15, 0.2) is 5.65 Å². The fraction of sp³-hybridized carbons (Fsp3) is 0.188. The summed E-state index contributed by atoms with van der Waals surface area (Å²) in [4.78, 5) is 0. The van der Waals surface area contributed by atoms with Gasteiger partial charge in [-0.15, -0.1) is 10.2 Å². The van der Waals surface area contributed by atoms with Crippen molar-refractivity contribution in [3.63, 3.8) is 0 Å². The molecule has 0 atom stereocenters. The van der Waals surface area contributed by atoms with Crippen LogP contribution in [0.1, 0.15) is 17.0 Å². The van der Waals surface area contributed by atoms with Crippen LogP contribution < -0.4 is 4.74 Å². The average molecular weight is 278 g/mol. The van der Waals surface area contributed by atoms with Gasteiger partial charge in [-0.05, 0) is 30.2 Å². The number of hydrogen-bond acceptors (Lipinski definition) is 4. The van der Waals surface area contributed by atoms with Crippen LogP contribution in [0.2, 0.25) is 0 Å². The Kier molecular flexibility index (Phi) is 3.52. The summed E-state index contributed by atoms with van der Waals surface area (Å²) in [6, 6.07) is 13.6. The summed E-state index contributed by atoms with van der Waals surface area (Å²) in [5.74, 6) is 1.75. The summed E-state index contributed by atoms with van der Waals surface area (Å²) in [6.45, 7) is 0. The van der Waals surface area contributed by atoms with E-state index in [4.69, 9.17) is 10.00 Å². The molecule has 0 spiro atoms. The van der Waals surface area contributed by atoms with Crippen LogP contribution in [0.5, 0.6) is 5.75 Å². The lowest BCUT2D eigenvalue weighted by Gasteiger charge is -2.03. The molecule has 0 bridgehead atoms. The standard InChI is InChI=1S/C16H14N4O/c1-21-14-5-2-12(3-6-14)4-7-15-18-19-16-10-13(11-17)8-9-20(15)16/h2-3,5-6,8-10H,4,7H2,1H3. The van der Waals surface area contributed by atoms with Crippen molar-refractivity contribution in [3.05, 3.63) is 59.5 Å². The van der Waals surface area contributed by atoms with Crippen molar-refractivity contribution in [2.75, 3.05) is 7.11 Å². The zero-order valence-corrected chi connectivity index (χ0v) is 11.7. The minimum atomic E-state index is 0.594. The molecule has 0 N–H and O–H groups in total. The van der Waals surface area contributed by atoms with Crippen LogP contribution in [0.3, 0.4) is 0 Å². The first-order valence-electron chi connectivity index (χ1n) is 6.67. The molecule has 0 fully saturated rings. The highest BCUT2D eigenvalue weighted by Gasteiger charge is 2.06. The molecule has 1 aromatic carbocycles. The Balaban J connectivity index is 1.77. The maximum absolute atomic E-state index is 8.88. The summed E-state index contributed by atoms with van der Waals surface area (Å²) < 4.78 is 7.07. The van der Waals surface area contributed by atoms with Crippen LogP contribution in [0.15, 0.2) is 42.6 Å². The Labute approximate surface area is 122 Å². The molecule has 5 heteroatoms. The van der Waals surface area contributed by atoms with E-state index in [0.29, 0.717) is 11.2 Å². The molecule has 104 valence electrons. The van der Waals surface area contributed by atoms with E-state index in [-0.39, 0.29) is 0 Å². The Bertz CT molecular complexity index is 799. The molecular weight excluding hydrogens is 264 g/mol. The van der Waals surface area contributed by atoms with Gasteiger partial charge in [0.1, 0.15) is 11.6 Å². The van der Waals surface area contributed by atoms with Crippen molar-refractivity contribution in [1.29, 1.82) is 5.26 Å². The summed E-state index contributed by atoms with van der Waals surface area (Å²) >= 11 is 0. The number of nitriles is 1. The number of hydrogen-bond donors (Lipinski definition) is 0. The molecule has 21 heavy (non-hydrogen) atoms.